The van der Waals surface area contributed by atoms with Crippen molar-refractivity contribution in [2.45, 2.75) is 26.0 Å². The van der Waals surface area contributed by atoms with Gasteiger partial charge in [-0.2, -0.15) is 0 Å². The van der Waals surface area contributed by atoms with Gasteiger partial charge >= 0.3 is 11.8 Å². The van der Waals surface area contributed by atoms with Gasteiger partial charge in [0.25, 0.3) is 0 Å². The van der Waals surface area contributed by atoms with Crippen molar-refractivity contribution in [2.24, 2.45) is 0 Å². The molecule has 2 N–H and O–H groups in total. The van der Waals surface area contributed by atoms with Gasteiger partial charge in [0.1, 0.15) is 12.7 Å². The van der Waals surface area contributed by atoms with E-state index in [1.165, 1.54) is 0 Å². The molecule has 2 amide bonds. The summed E-state index contributed by atoms with van der Waals surface area (Å²) in [4.78, 5) is 23.0. The van der Waals surface area contributed by atoms with Crippen molar-refractivity contribution < 1.29 is 19.1 Å². The average Bonchev–Trinajstić information content (AvgIpc) is 2.43. The minimum Gasteiger partial charge on any atom is -0.486 e. The highest BCUT2D eigenvalue weighted by Gasteiger charge is 2.22. The smallest absolute Gasteiger partial charge is 0.309 e. The molecule has 0 saturated carbocycles. The molecule has 20 heavy (non-hydrogen) atoms. The van der Waals surface area contributed by atoms with Crippen LogP contribution in [0.15, 0.2) is 24.3 Å². The zero-order chi connectivity index (χ0) is 14.5. The van der Waals surface area contributed by atoms with Crippen LogP contribution in [0.2, 0.25) is 0 Å². The van der Waals surface area contributed by atoms with Gasteiger partial charge in [0.2, 0.25) is 0 Å². The molecule has 1 aliphatic rings. The second kappa shape index (κ2) is 6.27. The molecule has 0 aliphatic carbocycles. The fourth-order valence-corrected chi connectivity index (χ4v) is 1.78. The summed E-state index contributed by atoms with van der Waals surface area (Å²) in [5.74, 6) is 0.0237. The van der Waals surface area contributed by atoms with Crippen molar-refractivity contribution in [3.8, 4) is 11.5 Å². The highest BCUT2D eigenvalue weighted by molar-refractivity contribution is 6.35. The predicted octanol–water partition coefficient (Wildman–Crippen LogP) is 0.467. The largest absolute Gasteiger partial charge is 0.486 e. The van der Waals surface area contributed by atoms with E-state index in [4.69, 9.17) is 9.47 Å². The third kappa shape index (κ3) is 3.63. The highest BCUT2D eigenvalue weighted by Crippen LogP contribution is 2.30. The number of nitrogens with one attached hydrogen (secondary N) is 2. The second-order valence-corrected chi connectivity index (χ2v) is 4.84. The van der Waals surface area contributed by atoms with Gasteiger partial charge < -0.3 is 20.1 Å². The van der Waals surface area contributed by atoms with Gasteiger partial charge in [-0.05, 0) is 26.0 Å². The highest BCUT2D eigenvalue weighted by atomic mass is 16.6. The van der Waals surface area contributed by atoms with Crippen molar-refractivity contribution in [3.05, 3.63) is 24.3 Å². The van der Waals surface area contributed by atoms with Crippen molar-refractivity contribution in [2.75, 3.05) is 13.2 Å². The van der Waals surface area contributed by atoms with Crippen molar-refractivity contribution in [3.63, 3.8) is 0 Å². The van der Waals surface area contributed by atoms with Crippen LogP contribution in [-0.2, 0) is 9.59 Å². The standard InChI is InChI=1S/C14H18N2O4/c1-9(2)16-14(18)13(17)15-7-10-8-19-11-5-3-4-6-12(11)20-10/h3-6,9-10H,7-8H2,1-2H3,(H,15,17)(H,16,18)/t10-/m0/s1. The molecule has 2 rings (SSSR count). The van der Waals surface area contributed by atoms with E-state index in [-0.39, 0.29) is 18.7 Å². The topological polar surface area (TPSA) is 76.7 Å². The monoisotopic (exact) mass is 278 g/mol. The number of rotatable bonds is 3. The van der Waals surface area contributed by atoms with Crippen LogP contribution in [0.4, 0.5) is 0 Å². The Morgan fingerprint density at radius 2 is 1.95 bits per heavy atom. The van der Waals surface area contributed by atoms with E-state index in [0.29, 0.717) is 18.1 Å². The quantitative estimate of drug-likeness (QED) is 0.788. The maximum atomic E-state index is 11.5. The van der Waals surface area contributed by atoms with E-state index in [9.17, 15) is 9.59 Å². The Kier molecular flexibility index (Phi) is 4.45. The number of hydrogen-bond acceptors (Lipinski definition) is 4. The summed E-state index contributed by atoms with van der Waals surface area (Å²) < 4.78 is 11.2. The SMILES string of the molecule is CC(C)NC(=O)C(=O)NC[C@H]1COc2ccccc2O1. The van der Waals surface area contributed by atoms with E-state index < -0.39 is 11.8 Å². The molecule has 6 nitrogen and oxygen atoms in total. The van der Waals surface area contributed by atoms with Gasteiger partial charge in [0.15, 0.2) is 11.5 Å². The lowest BCUT2D eigenvalue weighted by atomic mass is 10.2. The molecule has 1 aromatic carbocycles. The Balaban J connectivity index is 1.81. The van der Waals surface area contributed by atoms with Crippen LogP contribution in [0.25, 0.3) is 0 Å². The zero-order valence-electron chi connectivity index (χ0n) is 11.5. The zero-order valence-corrected chi connectivity index (χ0v) is 11.5. The molecule has 0 radical (unpaired) electrons. The van der Waals surface area contributed by atoms with Crippen LogP contribution in [0.3, 0.4) is 0 Å². The summed E-state index contributed by atoms with van der Waals surface area (Å²) >= 11 is 0. The van der Waals surface area contributed by atoms with Crippen molar-refractivity contribution in [1.29, 1.82) is 0 Å². The summed E-state index contributed by atoms with van der Waals surface area (Å²) in [5.41, 5.74) is 0. The van der Waals surface area contributed by atoms with Crippen LogP contribution < -0.4 is 20.1 Å². The van der Waals surface area contributed by atoms with Gasteiger partial charge in [0, 0.05) is 6.04 Å². The normalized spacial score (nSPS) is 16.6. The molecule has 0 fully saturated rings. The molecule has 0 bridgehead atoms. The van der Waals surface area contributed by atoms with Crippen molar-refractivity contribution >= 4 is 11.8 Å². The Morgan fingerprint density at radius 1 is 1.25 bits per heavy atom. The van der Waals surface area contributed by atoms with Crippen LogP contribution in [0.5, 0.6) is 11.5 Å². The first-order valence-electron chi connectivity index (χ1n) is 6.53. The summed E-state index contributed by atoms with van der Waals surface area (Å²) in [6, 6.07) is 7.25. The minimum absolute atomic E-state index is 0.0746. The van der Waals surface area contributed by atoms with Gasteiger partial charge in [-0.1, -0.05) is 12.1 Å². The molecule has 1 heterocycles. The average molecular weight is 278 g/mol. The van der Waals surface area contributed by atoms with Gasteiger partial charge in [0.05, 0.1) is 6.54 Å². The molecule has 1 atom stereocenters. The number of carbonyl (C=O) groups is 2. The van der Waals surface area contributed by atoms with E-state index >= 15 is 0 Å². The first-order chi connectivity index (χ1) is 9.56. The van der Waals surface area contributed by atoms with Gasteiger partial charge in [-0.3, -0.25) is 9.59 Å². The number of amides is 2. The van der Waals surface area contributed by atoms with E-state index in [0.717, 1.165) is 0 Å². The summed E-state index contributed by atoms with van der Waals surface area (Å²) in [6.45, 7) is 4.14. The van der Waals surface area contributed by atoms with Crippen LogP contribution in [0, 0.1) is 0 Å². The number of benzene rings is 1. The maximum absolute atomic E-state index is 11.5. The first kappa shape index (κ1) is 14.2. The lowest BCUT2D eigenvalue weighted by Gasteiger charge is -2.26. The second-order valence-electron chi connectivity index (χ2n) is 4.84. The maximum Gasteiger partial charge on any atom is 0.309 e. The Bertz CT molecular complexity index is 502. The molecule has 1 aromatic rings. The Morgan fingerprint density at radius 3 is 2.65 bits per heavy atom. The molecule has 0 saturated heterocycles. The van der Waals surface area contributed by atoms with E-state index in [2.05, 4.69) is 10.6 Å². The van der Waals surface area contributed by atoms with E-state index in [1.54, 1.807) is 19.9 Å². The summed E-state index contributed by atoms with van der Waals surface area (Å²) in [5, 5.41) is 5.06. The fourth-order valence-electron chi connectivity index (χ4n) is 1.78. The molecule has 0 spiro atoms. The Hall–Kier alpha value is -2.24. The molecule has 1 aliphatic heterocycles. The molecular weight excluding hydrogens is 260 g/mol. The molecule has 108 valence electrons. The van der Waals surface area contributed by atoms with Crippen molar-refractivity contribution in [1.82, 2.24) is 10.6 Å². The summed E-state index contributed by atoms with van der Waals surface area (Å²) in [6.07, 6.45) is -0.305. The summed E-state index contributed by atoms with van der Waals surface area (Å²) in [7, 11) is 0. The van der Waals surface area contributed by atoms with E-state index in [1.807, 2.05) is 18.2 Å². The molecule has 6 heteroatoms. The Labute approximate surface area is 117 Å². The van der Waals surface area contributed by atoms with Gasteiger partial charge in [-0.15, -0.1) is 0 Å². The van der Waals surface area contributed by atoms with Crippen LogP contribution in [0.1, 0.15) is 13.8 Å². The molecular formula is C14H18N2O4. The fraction of sp³-hybridized carbons (Fsp3) is 0.429. The predicted molar refractivity (Wildman–Crippen MR) is 72.6 cm³/mol. The third-order valence-electron chi connectivity index (χ3n) is 2.68. The molecule has 0 aromatic heterocycles. The third-order valence-corrected chi connectivity index (χ3v) is 2.68. The minimum atomic E-state index is -0.666. The number of hydrogen-bond donors (Lipinski definition) is 2. The first-order valence-corrected chi connectivity index (χ1v) is 6.53. The number of para-hydroxylation sites is 2. The lowest BCUT2D eigenvalue weighted by Crippen LogP contribution is -2.47. The van der Waals surface area contributed by atoms with Crippen LogP contribution in [-0.4, -0.2) is 37.1 Å². The number of ether oxygens (including phenoxy) is 2. The van der Waals surface area contributed by atoms with Gasteiger partial charge in [-0.25, -0.2) is 0 Å². The number of fused-ring (bicyclic) bond motifs is 1. The lowest BCUT2D eigenvalue weighted by molar-refractivity contribution is -0.139. The molecule has 0 unspecified atom stereocenters. The number of carbonyl (C=O) groups excluding carboxylic acids is 2. The van der Waals surface area contributed by atoms with Crippen LogP contribution >= 0.6 is 0 Å².